The third kappa shape index (κ3) is 13.9. The molecule has 0 aliphatic carbocycles. The maximum atomic E-state index is 6.13. The molecule has 0 amide bonds. The van der Waals surface area contributed by atoms with E-state index in [1.54, 1.807) is 0 Å². The van der Waals surface area contributed by atoms with Crippen molar-refractivity contribution in [3.63, 3.8) is 0 Å². The second kappa shape index (κ2) is 14.0. The molecule has 0 saturated heterocycles. The van der Waals surface area contributed by atoms with Crippen LogP contribution in [0.5, 0.6) is 0 Å². The van der Waals surface area contributed by atoms with Gasteiger partial charge in [0, 0.05) is 6.04 Å². The van der Waals surface area contributed by atoms with Crippen LogP contribution in [0.2, 0.25) is 0 Å². The summed E-state index contributed by atoms with van der Waals surface area (Å²) in [5.74, 6) is 0. The summed E-state index contributed by atoms with van der Waals surface area (Å²) in [5, 5.41) is 0. The molecule has 0 unspecified atom stereocenters. The molecule has 0 saturated carbocycles. The van der Waals surface area contributed by atoms with Gasteiger partial charge < -0.3 is 5.73 Å². The van der Waals surface area contributed by atoms with E-state index < -0.39 is 0 Å². The second-order valence-corrected chi connectivity index (χ2v) is 5.52. The predicted octanol–water partition coefficient (Wildman–Crippen LogP) is 5.42. The molecule has 1 nitrogen and oxygen atoms in total. The summed E-state index contributed by atoms with van der Waals surface area (Å²) in [7, 11) is 0. The zero-order chi connectivity index (χ0) is 12.8. The average Bonchev–Trinajstić information content (AvgIpc) is 2.33. The van der Waals surface area contributed by atoms with Crippen LogP contribution < -0.4 is 5.73 Å². The van der Waals surface area contributed by atoms with Gasteiger partial charge in [-0.3, -0.25) is 0 Å². The Kier molecular flexibility index (Phi) is 14.0. The molecular formula is C16H35N. The van der Waals surface area contributed by atoms with E-state index in [1.807, 2.05) is 0 Å². The van der Waals surface area contributed by atoms with Crippen LogP contribution in [0.4, 0.5) is 0 Å². The van der Waals surface area contributed by atoms with Gasteiger partial charge in [-0.1, -0.05) is 84.5 Å². The highest BCUT2D eigenvalue weighted by atomic mass is 14.6. The van der Waals surface area contributed by atoms with Crippen molar-refractivity contribution in [2.45, 2.75) is 103 Å². The Balaban J connectivity index is 3.09. The maximum Gasteiger partial charge on any atom is 0.00388 e. The van der Waals surface area contributed by atoms with E-state index in [2.05, 4.69) is 13.8 Å². The lowest BCUT2D eigenvalue weighted by molar-refractivity contribution is 0.485. The molecule has 17 heavy (non-hydrogen) atoms. The fraction of sp³-hybridized carbons (Fsp3) is 1.00. The van der Waals surface area contributed by atoms with Crippen LogP contribution in [0, 0.1) is 0 Å². The quantitative estimate of drug-likeness (QED) is 0.428. The standard InChI is InChI=1S/C16H35N/c1-3-5-7-9-11-13-15-16(17)14-12-10-8-6-4-2/h16H,3-15,17H2,1-2H3/t16-/m0/s1. The lowest BCUT2D eigenvalue weighted by atomic mass is 10.0. The van der Waals surface area contributed by atoms with Gasteiger partial charge in [0.05, 0.1) is 0 Å². The van der Waals surface area contributed by atoms with Crippen molar-refractivity contribution < 1.29 is 0 Å². The molecular weight excluding hydrogens is 206 g/mol. The number of hydrogen-bond donors (Lipinski definition) is 1. The van der Waals surface area contributed by atoms with Crippen LogP contribution >= 0.6 is 0 Å². The molecule has 0 aliphatic rings. The highest BCUT2D eigenvalue weighted by Crippen LogP contribution is 2.12. The molecule has 0 aromatic heterocycles. The molecule has 2 N–H and O–H groups in total. The summed E-state index contributed by atoms with van der Waals surface area (Å²) in [6, 6.07) is 0.475. The highest BCUT2D eigenvalue weighted by molar-refractivity contribution is 4.61. The van der Waals surface area contributed by atoms with E-state index in [9.17, 15) is 0 Å². The summed E-state index contributed by atoms with van der Waals surface area (Å²) < 4.78 is 0. The molecule has 0 bridgehead atoms. The van der Waals surface area contributed by atoms with E-state index in [0.29, 0.717) is 6.04 Å². The monoisotopic (exact) mass is 241 g/mol. The van der Waals surface area contributed by atoms with Crippen molar-refractivity contribution >= 4 is 0 Å². The number of unbranched alkanes of at least 4 members (excludes halogenated alkanes) is 9. The Morgan fingerprint density at radius 2 is 0.941 bits per heavy atom. The Morgan fingerprint density at radius 1 is 0.588 bits per heavy atom. The Labute approximate surface area is 110 Å². The van der Waals surface area contributed by atoms with Crippen molar-refractivity contribution in [3.05, 3.63) is 0 Å². The van der Waals surface area contributed by atoms with Gasteiger partial charge in [-0.25, -0.2) is 0 Å². The molecule has 0 aliphatic heterocycles. The summed E-state index contributed by atoms with van der Waals surface area (Å²) >= 11 is 0. The molecule has 1 atom stereocenters. The van der Waals surface area contributed by atoms with Gasteiger partial charge in [0.1, 0.15) is 0 Å². The smallest absolute Gasteiger partial charge is 0.00388 e. The van der Waals surface area contributed by atoms with Gasteiger partial charge in [0.15, 0.2) is 0 Å². The molecule has 0 aromatic rings. The minimum atomic E-state index is 0.475. The minimum Gasteiger partial charge on any atom is -0.328 e. The van der Waals surface area contributed by atoms with Crippen LogP contribution in [-0.2, 0) is 0 Å². The van der Waals surface area contributed by atoms with Crippen LogP contribution in [0.3, 0.4) is 0 Å². The molecule has 0 aromatic carbocycles. The minimum absolute atomic E-state index is 0.475. The van der Waals surface area contributed by atoms with Crippen LogP contribution in [0.15, 0.2) is 0 Å². The summed E-state index contributed by atoms with van der Waals surface area (Å²) in [4.78, 5) is 0. The van der Waals surface area contributed by atoms with Crippen LogP contribution in [-0.4, -0.2) is 6.04 Å². The average molecular weight is 241 g/mol. The van der Waals surface area contributed by atoms with Crippen molar-refractivity contribution in [1.29, 1.82) is 0 Å². The summed E-state index contributed by atoms with van der Waals surface area (Å²) in [6.07, 6.45) is 17.7. The zero-order valence-electron chi connectivity index (χ0n) is 12.3. The molecule has 0 rings (SSSR count). The SMILES string of the molecule is CCCCCCCC[C@@H](N)CCCCCCC. The van der Waals surface area contributed by atoms with Gasteiger partial charge >= 0.3 is 0 Å². The molecule has 0 radical (unpaired) electrons. The van der Waals surface area contributed by atoms with Crippen molar-refractivity contribution in [2.24, 2.45) is 5.73 Å². The van der Waals surface area contributed by atoms with Crippen LogP contribution in [0.1, 0.15) is 97.3 Å². The molecule has 1 heteroatoms. The lowest BCUT2D eigenvalue weighted by Gasteiger charge is -2.11. The van der Waals surface area contributed by atoms with Gasteiger partial charge in [0.2, 0.25) is 0 Å². The topological polar surface area (TPSA) is 26.0 Å². The Morgan fingerprint density at radius 3 is 1.35 bits per heavy atom. The Bertz CT molecular complexity index is 133. The third-order valence-electron chi connectivity index (χ3n) is 3.61. The van der Waals surface area contributed by atoms with Crippen molar-refractivity contribution in [1.82, 2.24) is 0 Å². The fourth-order valence-electron chi connectivity index (χ4n) is 2.34. The molecule has 0 heterocycles. The number of hydrogen-bond acceptors (Lipinski definition) is 1. The predicted molar refractivity (Wildman–Crippen MR) is 79.3 cm³/mol. The van der Waals surface area contributed by atoms with Gasteiger partial charge in [0.25, 0.3) is 0 Å². The zero-order valence-corrected chi connectivity index (χ0v) is 12.3. The number of nitrogens with two attached hydrogens (primary N) is 1. The maximum absolute atomic E-state index is 6.13. The van der Waals surface area contributed by atoms with E-state index >= 15 is 0 Å². The first-order chi connectivity index (χ1) is 8.31. The normalized spacial score (nSPS) is 12.9. The molecule has 0 fully saturated rings. The summed E-state index contributed by atoms with van der Waals surface area (Å²) in [6.45, 7) is 4.54. The third-order valence-corrected chi connectivity index (χ3v) is 3.61. The van der Waals surface area contributed by atoms with Gasteiger partial charge in [-0.2, -0.15) is 0 Å². The van der Waals surface area contributed by atoms with E-state index in [0.717, 1.165) is 0 Å². The summed E-state index contributed by atoms with van der Waals surface area (Å²) in [5.41, 5.74) is 6.13. The number of rotatable bonds is 13. The molecule has 0 spiro atoms. The fourth-order valence-corrected chi connectivity index (χ4v) is 2.34. The highest BCUT2D eigenvalue weighted by Gasteiger charge is 2.01. The van der Waals surface area contributed by atoms with E-state index in [1.165, 1.54) is 83.5 Å². The van der Waals surface area contributed by atoms with Crippen molar-refractivity contribution in [2.75, 3.05) is 0 Å². The van der Waals surface area contributed by atoms with E-state index in [4.69, 9.17) is 5.73 Å². The molecule has 104 valence electrons. The largest absolute Gasteiger partial charge is 0.328 e. The van der Waals surface area contributed by atoms with Gasteiger partial charge in [-0.15, -0.1) is 0 Å². The first-order valence-electron chi connectivity index (χ1n) is 8.06. The lowest BCUT2D eigenvalue weighted by Crippen LogP contribution is -2.19. The Hall–Kier alpha value is -0.0400. The second-order valence-electron chi connectivity index (χ2n) is 5.52. The van der Waals surface area contributed by atoms with E-state index in [-0.39, 0.29) is 0 Å². The van der Waals surface area contributed by atoms with Crippen LogP contribution in [0.25, 0.3) is 0 Å². The van der Waals surface area contributed by atoms with Crippen molar-refractivity contribution in [3.8, 4) is 0 Å². The van der Waals surface area contributed by atoms with Gasteiger partial charge in [-0.05, 0) is 12.8 Å². The first-order valence-corrected chi connectivity index (χ1v) is 8.06. The first kappa shape index (κ1) is 17.0.